The number of carbonyl (C=O) groups is 2. The first-order valence-corrected chi connectivity index (χ1v) is 31.5. The highest BCUT2D eigenvalue weighted by Crippen LogP contribution is 2.23. The molecule has 76 heavy (non-hydrogen) atoms. The van der Waals surface area contributed by atoms with Gasteiger partial charge in [0.05, 0.1) is 32.0 Å². The van der Waals surface area contributed by atoms with Gasteiger partial charge in [0.25, 0.3) is 0 Å². The van der Waals surface area contributed by atoms with Crippen molar-refractivity contribution in [3.05, 3.63) is 60.8 Å². The van der Waals surface area contributed by atoms with Crippen LogP contribution in [-0.4, -0.2) is 100 Å². The molecule has 1 fully saturated rings. The number of rotatable bonds is 54. The Morgan fingerprint density at radius 2 is 0.908 bits per heavy atom. The van der Waals surface area contributed by atoms with Gasteiger partial charge < -0.3 is 45.1 Å². The highest BCUT2D eigenvalue weighted by atomic mass is 16.7. The van der Waals surface area contributed by atoms with Crippen molar-refractivity contribution < 1.29 is 49.3 Å². The fourth-order valence-electron chi connectivity index (χ4n) is 9.64. The van der Waals surface area contributed by atoms with E-state index in [-0.39, 0.29) is 18.5 Å². The monoisotopic (exact) mass is 1070 g/mol. The third-order valence-electron chi connectivity index (χ3n) is 14.6. The van der Waals surface area contributed by atoms with E-state index in [9.17, 15) is 35.1 Å². The number of carbonyl (C=O) groups excluding carboxylic acids is 2. The molecule has 1 aliphatic heterocycles. The van der Waals surface area contributed by atoms with Crippen LogP contribution in [0, 0.1) is 0 Å². The van der Waals surface area contributed by atoms with E-state index in [4.69, 9.17) is 14.2 Å². The zero-order valence-corrected chi connectivity index (χ0v) is 48.7. The number of hydrogen-bond acceptors (Lipinski definition) is 10. The summed E-state index contributed by atoms with van der Waals surface area (Å²) in [5.41, 5.74) is 0. The van der Waals surface area contributed by atoms with Crippen LogP contribution in [-0.2, 0) is 23.8 Å². The molecule has 11 nitrogen and oxygen atoms in total. The van der Waals surface area contributed by atoms with Crippen molar-refractivity contribution in [2.75, 3.05) is 19.8 Å². The number of esters is 1. The average Bonchev–Trinajstić information content (AvgIpc) is 3.42. The average molecular weight is 1070 g/mol. The van der Waals surface area contributed by atoms with E-state index in [0.29, 0.717) is 19.4 Å². The summed E-state index contributed by atoms with van der Waals surface area (Å²) in [5.74, 6) is -0.213. The predicted octanol–water partition coefficient (Wildman–Crippen LogP) is 15.0. The number of ether oxygens (including phenoxy) is 3. The molecular formula is C65H117NO10. The Balaban J connectivity index is 1.98. The standard InChI is InChI=1S/C65H117NO10/c1-3-5-7-9-11-13-14-15-26-30-33-37-41-45-49-53-61(70)74-54-50-46-42-38-34-31-28-25-23-21-19-17-16-18-20-22-24-27-29-32-36-40-44-48-52-60(69)66-57(58(68)51-47-43-39-35-12-10-8-6-4-2)56-75-65-64(73)63(72)62(71)59(55-67)76-65/h4,6,12,15,18,20,26,35,47,51,57-59,62-65,67-68,71-73H,3,5,7-11,13-14,16-17,19,21-25,27-34,36-46,48-50,52-56H2,1-2H3,(H,66,69)/b6-4+,20-18-,26-15-,35-12+,51-47+. The molecule has 0 bridgehead atoms. The molecule has 0 spiro atoms. The van der Waals surface area contributed by atoms with Gasteiger partial charge in [-0.15, -0.1) is 0 Å². The largest absolute Gasteiger partial charge is 0.466 e. The van der Waals surface area contributed by atoms with Crippen LogP contribution in [0.3, 0.4) is 0 Å². The van der Waals surface area contributed by atoms with Gasteiger partial charge >= 0.3 is 5.97 Å². The first-order chi connectivity index (χ1) is 37.2. The lowest BCUT2D eigenvalue weighted by atomic mass is 9.99. The maximum Gasteiger partial charge on any atom is 0.305 e. The van der Waals surface area contributed by atoms with Crippen molar-refractivity contribution in [3.63, 3.8) is 0 Å². The molecule has 6 N–H and O–H groups in total. The van der Waals surface area contributed by atoms with E-state index < -0.39 is 49.5 Å². The molecule has 1 aliphatic rings. The quantitative estimate of drug-likeness (QED) is 0.0195. The van der Waals surface area contributed by atoms with Crippen molar-refractivity contribution >= 4 is 11.9 Å². The summed E-state index contributed by atoms with van der Waals surface area (Å²) in [6.45, 7) is 4.08. The first kappa shape index (κ1) is 71.4. The molecule has 11 heteroatoms. The van der Waals surface area contributed by atoms with Crippen LogP contribution in [0.25, 0.3) is 0 Å². The number of nitrogens with one attached hydrogen (secondary N) is 1. The van der Waals surface area contributed by atoms with Crippen LogP contribution >= 0.6 is 0 Å². The van der Waals surface area contributed by atoms with E-state index in [0.717, 1.165) is 77.0 Å². The van der Waals surface area contributed by atoms with Gasteiger partial charge in [-0.05, 0) is 103 Å². The summed E-state index contributed by atoms with van der Waals surface area (Å²) in [4.78, 5) is 25.1. The lowest BCUT2D eigenvalue weighted by Gasteiger charge is -2.40. The van der Waals surface area contributed by atoms with Crippen molar-refractivity contribution in [2.45, 2.75) is 320 Å². The molecular weight excluding hydrogens is 955 g/mol. The zero-order chi connectivity index (χ0) is 55.2. The van der Waals surface area contributed by atoms with Crippen molar-refractivity contribution in [1.82, 2.24) is 5.32 Å². The molecule has 0 saturated carbocycles. The summed E-state index contributed by atoms with van der Waals surface area (Å²) in [5, 5.41) is 54.1. The summed E-state index contributed by atoms with van der Waals surface area (Å²) < 4.78 is 16.7. The fraction of sp³-hybridized carbons (Fsp3) is 0.815. The highest BCUT2D eigenvalue weighted by molar-refractivity contribution is 5.76. The number of allylic oxidation sites excluding steroid dienone is 9. The lowest BCUT2D eigenvalue weighted by molar-refractivity contribution is -0.302. The topological polar surface area (TPSA) is 175 Å². The maximum atomic E-state index is 13.0. The van der Waals surface area contributed by atoms with Crippen LogP contribution in [0.2, 0.25) is 0 Å². The fourth-order valence-corrected chi connectivity index (χ4v) is 9.64. The minimum absolute atomic E-state index is 0.00794. The van der Waals surface area contributed by atoms with Crippen molar-refractivity contribution in [3.8, 4) is 0 Å². The number of hydrogen-bond donors (Lipinski definition) is 6. The van der Waals surface area contributed by atoms with Crippen LogP contribution < -0.4 is 5.32 Å². The Morgan fingerprint density at radius 1 is 0.500 bits per heavy atom. The molecule has 1 amide bonds. The van der Waals surface area contributed by atoms with Crippen LogP contribution in [0.1, 0.15) is 277 Å². The Morgan fingerprint density at radius 3 is 1.38 bits per heavy atom. The van der Waals surface area contributed by atoms with Gasteiger partial charge in [-0.1, -0.05) is 222 Å². The molecule has 1 heterocycles. The Bertz CT molecular complexity index is 1450. The number of amides is 1. The third kappa shape index (κ3) is 43.3. The van der Waals surface area contributed by atoms with Crippen LogP contribution in [0.15, 0.2) is 60.8 Å². The Hall–Kier alpha value is -2.64. The second-order valence-corrected chi connectivity index (χ2v) is 21.7. The van der Waals surface area contributed by atoms with Gasteiger partial charge in [0.2, 0.25) is 5.91 Å². The maximum absolute atomic E-state index is 13.0. The summed E-state index contributed by atoms with van der Waals surface area (Å²) in [7, 11) is 0. The van der Waals surface area contributed by atoms with E-state index in [1.54, 1.807) is 6.08 Å². The molecule has 0 aliphatic carbocycles. The first-order valence-electron chi connectivity index (χ1n) is 31.5. The SMILES string of the molecule is C/C=C/CC/C=C/CC/C=C/C(O)C(COC1OC(CO)C(O)C(O)C1O)NC(=O)CCCCCCCCCC/C=C\CCCCCCCCCCCCCCOC(=O)CCCCCCC/C=C\CCCCCCCC. The number of aliphatic hydroxyl groups excluding tert-OH is 5. The van der Waals surface area contributed by atoms with Gasteiger partial charge in [-0.3, -0.25) is 9.59 Å². The molecule has 0 radical (unpaired) electrons. The highest BCUT2D eigenvalue weighted by Gasteiger charge is 2.44. The van der Waals surface area contributed by atoms with Crippen molar-refractivity contribution in [1.29, 1.82) is 0 Å². The van der Waals surface area contributed by atoms with E-state index in [1.165, 1.54) is 173 Å². The number of unbranched alkanes of at least 4 members (excludes halogenated alkanes) is 33. The van der Waals surface area contributed by atoms with Crippen LogP contribution in [0.4, 0.5) is 0 Å². The molecule has 7 unspecified atom stereocenters. The Kier molecular flexibility index (Phi) is 51.0. The van der Waals surface area contributed by atoms with Gasteiger partial charge in [0.15, 0.2) is 6.29 Å². The molecule has 0 aromatic heterocycles. The van der Waals surface area contributed by atoms with E-state index in [2.05, 4.69) is 54.8 Å². The van der Waals surface area contributed by atoms with Gasteiger partial charge in [0, 0.05) is 12.8 Å². The predicted molar refractivity (Wildman–Crippen MR) is 315 cm³/mol. The molecule has 442 valence electrons. The molecule has 0 aromatic carbocycles. The summed E-state index contributed by atoms with van der Waals surface area (Å²) in [6.07, 6.45) is 60.8. The summed E-state index contributed by atoms with van der Waals surface area (Å²) in [6, 6.07) is -0.838. The van der Waals surface area contributed by atoms with Gasteiger partial charge in [0.1, 0.15) is 24.4 Å². The molecule has 1 saturated heterocycles. The second kappa shape index (κ2) is 54.3. The van der Waals surface area contributed by atoms with Gasteiger partial charge in [-0.25, -0.2) is 0 Å². The Labute approximate surface area is 465 Å². The van der Waals surface area contributed by atoms with Crippen molar-refractivity contribution in [2.24, 2.45) is 0 Å². The normalized spacial score (nSPS) is 19.1. The van der Waals surface area contributed by atoms with E-state index >= 15 is 0 Å². The summed E-state index contributed by atoms with van der Waals surface area (Å²) >= 11 is 0. The molecule has 1 rings (SSSR count). The zero-order valence-electron chi connectivity index (χ0n) is 48.7. The lowest BCUT2D eigenvalue weighted by Crippen LogP contribution is -2.60. The smallest absolute Gasteiger partial charge is 0.305 e. The minimum Gasteiger partial charge on any atom is -0.466 e. The number of aliphatic hydroxyl groups is 5. The minimum atomic E-state index is -1.58. The van der Waals surface area contributed by atoms with E-state index in [1.807, 2.05) is 19.1 Å². The van der Waals surface area contributed by atoms with Crippen LogP contribution in [0.5, 0.6) is 0 Å². The van der Waals surface area contributed by atoms with Gasteiger partial charge in [-0.2, -0.15) is 0 Å². The second-order valence-electron chi connectivity index (χ2n) is 21.7. The molecule has 7 atom stereocenters. The molecule has 0 aromatic rings. The third-order valence-corrected chi connectivity index (χ3v) is 14.6.